The number of carbonyl (C=O) groups excluding carboxylic acids is 2. The molecule has 1 N–H and O–H groups in total. The van der Waals surface area contributed by atoms with E-state index in [1.807, 2.05) is 36.1 Å². The van der Waals surface area contributed by atoms with Crippen LogP contribution < -0.4 is 0 Å². The van der Waals surface area contributed by atoms with Gasteiger partial charge in [-0.25, -0.2) is 0 Å². The number of amides is 2. The van der Waals surface area contributed by atoms with Crippen molar-refractivity contribution in [2.45, 2.75) is 6.92 Å². The van der Waals surface area contributed by atoms with Crippen molar-refractivity contribution in [2.24, 2.45) is 0 Å². The van der Waals surface area contributed by atoms with E-state index in [0.717, 1.165) is 15.3 Å². The van der Waals surface area contributed by atoms with Gasteiger partial charge in [0.05, 0.1) is 10.6 Å². The highest BCUT2D eigenvalue weighted by molar-refractivity contribution is 7.13. The molecule has 8 heteroatoms. The number of carbonyl (C=O) groups is 2. The molecule has 0 aromatic carbocycles. The minimum absolute atomic E-state index is 0.0433. The number of hydrogen-bond acceptors (Lipinski definition) is 5. The van der Waals surface area contributed by atoms with Gasteiger partial charge in [-0.3, -0.25) is 19.7 Å². The van der Waals surface area contributed by atoms with Crippen LogP contribution in [0.25, 0.3) is 11.3 Å². The molecule has 0 radical (unpaired) electrons. The lowest BCUT2D eigenvalue weighted by Crippen LogP contribution is -2.50. The van der Waals surface area contributed by atoms with Gasteiger partial charge in [0.25, 0.3) is 11.8 Å². The van der Waals surface area contributed by atoms with Crippen molar-refractivity contribution in [1.82, 2.24) is 25.0 Å². The standard InChI is InChI=1S/C19H19N5O2S/c1-13-2-3-17(27-13)19(26)24-10-8-23(9-11-24)18(25)16-12-15(21-22-16)14-4-6-20-7-5-14/h2-7,12H,8-11H2,1H3,(H,21,22). The summed E-state index contributed by atoms with van der Waals surface area (Å²) in [4.78, 5) is 34.7. The van der Waals surface area contributed by atoms with E-state index >= 15 is 0 Å². The van der Waals surface area contributed by atoms with Gasteiger partial charge in [0, 0.05) is 49.0 Å². The van der Waals surface area contributed by atoms with Gasteiger partial charge in [-0.05, 0) is 37.3 Å². The Morgan fingerprint density at radius 3 is 2.30 bits per heavy atom. The van der Waals surface area contributed by atoms with Gasteiger partial charge in [-0.1, -0.05) is 0 Å². The summed E-state index contributed by atoms with van der Waals surface area (Å²) in [7, 11) is 0. The first-order valence-corrected chi connectivity index (χ1v) is 9.54. The zero-order valence-corrected chi connectivity index (χ0v) is 15.7. The minimum Gasteiger partial charge on any atom is -0.334 e. The first-order valence-electron chi connectivity index (χ1n) is 8.72. The molecule has 138 valence electrons. The smallest absolute Gasteiger partial charge is 0.272 e. The molecule has 1 fully saturated rings. The second-order valence-corrected chi connectivity index (χ2v) is 7.69. The third-order valence-electron chi connectivity index (χ3n) is 4.59. The van der Waals surface area contributed by atoms with Gasteiger partial charge in [0.1, 0.15) is 5.69 Å². The number of piperazine rings is 1. The van der Waals surface area contributed by atoms with Gasteiger partial charge in [0.15, 0.2) is 0 Å². The third-order valence-corrected chi connectivity index (χ3v) is 5.58. The Labute approximate surface area is 160 Å². The number of thiophene rings is 1. The quantitative estimate of drug-likeness (QED) is 0.755. The molecule has 1 aliphatic heterocycles. The molecule has 3 aromatic heterocycles. The number of rotatable bonds is 3. The number of aromatic nitrogens is 3. The molecule has 4 rings (SSSR count). The molecule has 0 aliphatic carbocycles. The number of H-pyrrole nitrogens is 1. The van der Waals surface area contributed by atoms with Crippen LogP contribution in [0.1, 0.15) is 25.0 Å². The summed E-state index contributed by atoms with van der Waals surface area (Å²) in [5.41, 5.74) is 2.07. The highest BCUT2D eigenvalue weighted by Crippen LogP contribution is 2.20. The number of nitrogens with zero attached hydrogens (tertiary/aromatic N) is 4. The Kier molecular flexibility index (Phi) is 4.72. The van der Waals surface area contributed by atoms with Crippen molar-refractivity contribution in [3.8, 4) is 11.3 Å². The lowest BCUT2D eigenvalue weighted by atomic mass is 10.2. The van der Waals surface area contributed by atoms with Crippen LogP contribution >= 0.6 is 11.3 Å². The average Bonchev–Trinajstić information content (AvgIpc) is 3.37. The largest absolute Gasteiger partial charge is 0.334 e. The fraction of sp³-hybridized carbons (Fsp3) is 0.263. The molecule has 2 amide bonds. The number of aromatic amines is 1. The maximum absolute atomic E-state index is 12.7. The van der Waals surface area contributed by atoms with Crippen molar-refractivity contribution in [1.29, 1.82) is 0 Å². The molecule has 0 unspecified atom stereocenters. The van der Waals surface area contributed by atoms with Crippen molar-refractivity contribution >= 4 is 23.2 Å². The van der Waals surface area contributed by atoms with Crippen LogP contribution in [-0.2, 0) is 0 Å². The van der Waals surface area contributed by atoms with Crippen molar-refractivity contribution in [3.05, 3.63) is 58.2 Å². The summed E-state index contributed by atoms with van der Waals surface area (Å²) in [5, 5.41) is 7.05. The van der Waals surface area contributed by atoms with Gasteiger partial charge in [-0.2, -0.15) is 5.10 Å². The summed E-state index contributed by atoms with van der Waals surface area (Å²) in [6.07, 6.45) is 3.38. The normalized spacial score (nSPS) is 14.4. The predicted octanol–water partition coefficient (Wildman–Crippen LogP) is 2.44. The molecule has 0 bridgehead atoms. The maximum atomic E-state index is 12.7. The molecule has 4 heterocycles. The Balaban J connectivity index is 1.39. The first-order chi connectivity index (χ1) is 13.1. The molecule has 0 saturated carbocycles. The Bertz CT molecular complexity index is 957. The molecule has 7 nitrogen and oxygen atoms in total. The Morgan fingerprint density at radius 2 is 1.67 bits per heavy atom. The fourth-order valence-corrected chi connectivity index (χ4v) is 3.93. The number of aryl methyl sites for hydroxylation is 1. The average molecular weight is 381 g/mol. The summed E-state index contributed by atoms with van der Waals surface area (Å²) in [6.45, 7) is 4.08. The Hall–Kier alpha value is -3.00. The fourth-order valence-electron chi connectivity index (χ4n) is 3.09. The molecular weight excluding hydrogens is 362 g/mol. The Morgan fingerprint density at radius 1 is 1.00 bits per heavy atom. The zero-order valence-electron chi connectivity index (χ0n) is 14.9. The van der Waals surface area contributed by atoms with E-state index in [1.54, 1.807) is 23.4 Å². The van der Waals surface area contributed by atoms with Gasteiger partial charge < -0.3 is 9.80 Å². The molecule has 1 aliphatic rings. The molecule has 0 atom stereocenters. The van der Waals surface area contributed by atoms with Crippen molar-refractivity contribution in [3.63, 3.8) is 0 Å². The molecular formula is C19H19N5O2S. The van der Waals surface area contributed by atoms with Crippen LogP contribution in [0, 0.1) is 6.92 Å². The van der Waals surface area contributed by atoms with E-state index in [-0.39, 0.29) is 11.8 Å². The highest BCUT2D eigenvalue weighted by Gasteiger charge is 2.27. The topological polar surface area (TPSA) is 82.2 Å². The number of nitrogens with one attached hydrogen (secondary N) is 1. The van der Waals surface area contributed by atoms with Crippen LogP contribution in [0.2, 0.25) is 0 Å². The van der Waals surface area contributed by atoms with Crippen LogP contribution in [0.3, 0.4) is 0 Å². The second kappa shape index (κ2) is 7.32. The van der Waals surface area contributed by atoms with E-state index in [2.05, 4.69) is 15.2 Å². The summed E-state index contributed by atoms with van der Waals surface area (Å²) < 4.78 is 0. The first kappa shape index (κ1) is 17.4. The monoisotopic (exact) mass is 381 g/mol. The SMILES string of the molecule is Cc1ccc(C(=O)N2CCN(C(=O)c3cc(-c4ccncc4)n[nH]3)CC2)s1. The summed E-state index contributed by atoms with van der Waals surface area (Å²) in [5.74, 6) is -0.0522. The van der Waals surface area contributed by atoms with E-state index in [1.165, 1.54) is 11.3 Å². The van der Waals surface area contributed by atoms with E-state index in [0.29, 0.717) is 37.6 Å². The zero-order chi connectivity index (χ0) is 18.8. The van der Waals surface area contributed by atoms with Crippen LogP contribution in [0.15, 0.2) is 42.7 Å². The van der Waals surface area contributed by atoms with Crippen molar-refractivity contribution in [2.75, 3.05) is 26.2 Å². The number of hydrogen-bond donors (Lipinski definition) is 1. The second-order valence-electron chi connectivity index (χ2n) is 6.40. The highest BCUT2D eigenvalue weighted by atomic mass is 32.1. The van der Waals surface area contributed by atoms with Crippen LogP contribution in [-0.4, -0.2) is 63.0 Å². The summed E-state index contributed by atoms with van der Waals surface area (Å²) >= 11 is 1.50. The third kappa shape index (κ3) is 3.61. The van der Waals surface area contributed by atoms with Crippen LogP contribution in [0.5, 0.6) is 0 Å². The van der Waals surface area contributed by atoms with Gasteiger partial charge in [0.2, 0.25) is 0 Å². The minimum atomic E-state index is -0.0955. The lowest BCUT2D eigenvalue weighted by Gasteiger charge is -2.34. The van der Waals surface area contributed by atoms with E-state index < -0.39 is 0 Å². The predicted molar refractivity (Wildman–Crippen MR) is 103 cm³/mol. The van der Waals surface area contributed by atoms with Crippen LogP contribution in [0.4, 0.5) is 0 Å². The molecule has 27 heavy (non-hydrogen) atoms. The van der Waals surface area contributed by atoms with E-state index in [9.17, 15) is 9.59 Å². The van der Waals surface area contributed by atoms with Gasteiger partial charge in [-0.15, -0.1) is 11.3 Å². The van der Waals surface area contributed by atoms with E-state index in [4.69, 9.17) is 0 Å². The number of pyridine rings is 1. The molecule has 1 saturated heterocycles. The molecule has 0 spiro atoms. The maximum Gasteiger partial charge on any atom is 0.272 e. The molecule has 3 aromatic rings. The van der Waals surface area contributed by atoms with Gasteiger partial charge >= 0.3 is 0 Å². The van der Waals surface area contributed by atoms with Crippen molar-refractivity contribution < 1.29 is 9.59 Å². The summed E-state index contributed by atoms with van der Waals surface area (Å²) in [6, 6.07) is 9.27. The lowest BCUT2D eigenvalue weighted by molar-refractivity contribution is 0.0535.